The number of rotatable bonds is 8. The number of hydrogen-bond donors (Lipinski definition) is 0. The van der Waals surface area contributed by atoms with Crippen molar-refractivity contribution in [1.82, 2.24) is 0 Å². The van der Waals surface area contributed by atoms with Gasteiger partial charge in [-0.1, -0.05) is 38.1 Å². The smallest absolute Gasteiger partial charge is 0.313 e. The lowest BCUT2D eigenvalue weighted by molar-refractivity contribution is -0.146. The summed E-state index contributed by atoms with van der Waals surface area (Å²) in [7, 11) is 0. The first kappa shape index (κ1) is 18.9. The molecule has 0 saturated heterocycles. The van der Waals surface area contributed by atoms with Gasteiger partial charge in [0.15, 0.2) is 0 Å². The molecular weight excluding hydrogens is 284 g/mol. The van der Waals surface area contributed by atoms with Gasteiger partial charge in [-0.25, -0.2) is 0 Å². The first-order valence-corrected chi connectivity index (χ1v) is 8.10. The van der Waals surface area contributed by atoms with Gasteiger partial charge in [0, 0.05) is 18.8 Å². The fraction of sp³-hybridized carbons (Fsp3) is 0.476. The molecule has 2 nitrogen and oxygen atoms in total. The lowest BCUT2D eigenvalue weighted by Crippen LogP contribution is -2.18. The molecule has 0 aliphatic rings. The zero-order valence-corrected chi connectivity index (χ0v) is 14.3. The number of carbonyl (C=O) groups is 1. The lowest BCUT2D eigenvalue weighted by atomic mass is 9.97. The van der Waals surface area contributed by atoms with E-state index in [1.165, 1.54) is 5.56 Å². The summed E-state index contributed by atoms with van der Waals surface area (Å²) in [6, 6.07) is 8.17. The molecule has 1 aromatic carbocycles. The highest BCUT2D eigenvalue weighted by Crippen LogP contribution is 2.20. The van der Waals surface area contributed by atoms with Crippen molar-refractivity contribution in [3.8, 4) is 24.7 Å². The van der Waals surface area contributed by atoms with E-state index in [1.54, 1.807) is 0 Å². The number of carbonyl (C=O) groups excluding carboxylic acids is 1. The fourth-order valence-corrected chi connectivity index (χ4v) is 2.40. The molecule has 2 heteroatoms. The van der Waals surface area contributed by atoms with Gasteiger partial charge in [0.2, 0.25) is 0 Å². The molecule has 1 unspecified atom stereocenters. The molecule has 1 aromatic rings. The summed E-state index contributed by atoms with van der Waals surface area (Å²) < 4.78 is 5.39. The maximum Gasteiger partial charge on any atom is 0.313 e. The minimum atomic E-state index is -0.291. The van der Waals surface area contributed by atoms with E-state index >= 15 is 0 Å². The van der Waals surface area contributed by atoms with Crippen molar-refractivity contribution >= 4 is 5.97 Å². The Morgan fingerprint density at radius 1 is 1.09 bits per heavy atom. The van der Waals surface area contributed by atoms with Crippen molar-refractivity contribution in [3.05, 3.63) is 35.4 Å². The molecule has 0 aromatic heterocycles. The lowest BCUT2D eigenvalue weighted by Gasteiger charge is -2.16. The molecule has 1 atom stereocenters. The van der Waals surface area contributed by atoms with Gasteiger partial charge in [-0.3, -0.25) is 4.79 Å². The highest BCUT2D eigenvalue weighted by molar-refractivity contribution is 5.77. The van der Waals surface area contributed by atoms with Crippen LogP contribution in [0, 0.1) is 36.5 Å². The molecular formula is C21H26O2. The molecule has 0 heterocycles. The van der Waals surface area contributed by atoms with E-state index in [0.717, 1.165) is 12.0 Å². The van der Waals surface area contributed by atoms with Crippen LogP contribution in [0.1, 0.15) is 50.7 Å². The molecule has 23 heavy (non-hydrogen) atoms. The van der Waals surface area contributed by atoms with Crippen LogP contribution in [0.15, 0.2) is 24.3 Å². The van der Waals surface area contributed by atoms with E-state index in [4.69, 9.17) is 17.6 Å². The van der Waals surface area contributed by atoms with Crippen LogP contribution in [-0.4, -0.2) is 12.6 Å². The molecule has 0 radical (unpaired) electrons. The highest BCUT2D eigenvalue weighted by atomic mass is 16.5. The number of benzene rings is 1. The van der Waals surface area contributed by atoms with Crippen LogP contribution in [0.2, 0.25) is 0 Å². The van der Waals surface area contributed by atoms with Crippen LogP contribution < -0.4 is 0 Å². The van der Waals surface area contributed by atoms with Crippen molar-refractivity contribution in [3.63, 3.8) is 0 Å². The molecule has 0 bridgehead atoms. The summed E-state index contributed by atoms with van der Waals surface area (Å²) in [6.45, 7) is 6.52. The molecule has 0 saturated carbocycles. The Labute approximate surface area is 140 Å². The van der Waals surface area contributed by atoms with Crippen molar-refractivity contribution in [1.29, 1.82) is 0 Å². The number of terminal acetylenes is 2. The van der Waals surface area contributed by atoms with Crippen molar-refractivity contribution < 1.29 is 9.53 Å². The molecule has 122 valence electrons. The van der Waals surface area contributed by atoms with Crippen LogP contribution in [0.25, 0.3) is 0 Å². The van der Waals surface area contributed by atoms with Crippen molar-refractivity contribution in [2.45, 2.75) is 46.0 Å². The monoisotopic (exact) mass is 310 g/mol. The molecule has 0 aliphatic carbocycles. The summed E-state index contributed by atoms with van der Waals surface area (Å²) >= 11 is 0. The van der Waals surface area contributed by atoms with Gasteiger partial charge in [-0.05, 0) is 30.4 Å². The Hall–Kier alpha value is -2.19. The van der Waals surface area contributed by atoms with E-state index in [0.29, 0.717) is 18.8 Å². The van der Waals surface area contributed by atoms with Gasteiger partial charge < -0.3 is 4.74 Å². The first-order valence-electron chi connectivity index (χ1n) is 8.10. The second-order valence-electron chi connectivity index (χ2n) is 6.37. The Balaban J connectivity index is 2.59. The first-order chi connectivity index (χ1) is 11.0. The zero-order valence-electron chi connectivity index (χ0n) is 14.3. The van der Waals surface area contributed by atoms with Crippen LogP contribution in [0.4, 0.5) is 0 Å². The Morgan fingerprint density at radius 2 is 1.65 bits per heavy atom. The molecule has 0 aliphatic heterocycles. The average molecular weight is 310 g/mol. The maximum atomic E-state index is 12.2. The third kappa shape index (κ3) is 6.62. The summed E-state index contributed by atoms with van der Waals surface area (Å²) in [5.74, 6) is 5.27. The normalized spacial score (nSPS) is 11.8. The molecule has 0 spiro atoms. The standard InChI is InChI=1S/C21H26O2/c1-6-8-19(9-7-2)15-23-21(22)17(5)20-12-10-18(11-13-20)14-16(3)4/h1-2,10-13,16-17,19H,8-9,14-15H2,3-5H3. The highest BCUT2D eigenvalue weighted by Gasteiger charge is 2.18. The van der Waals surface area contributed by atoms with Crippen LogP contribution in [0.3, 0.4) is 0 Å². The third-order valence-corrected chi connectivity index (χ3v) is 3.75. The maximum absolute atomic E-state index is 12.2. The Kier molecular flexibility index (Phi) is 8.00. The Morgan fingerprint density at radius 3 is 2.13 bits per heavy atom. The third-order valence-electron chi connectivity index (χ3n) is 3.75. The van der Waals surface area contributed by atoms with Crippen LogP contribution >= 0.6 is 0 Å². The van der Waals surface area contributed by atoms with Crippen LogP contribution in [-0.2, 0) is 16.0 Å². The van der Waals surface area contributed by atoms with E-state index < -0.39 is 0 Å². The molecule has 1 rings (SSSR count). The van der Waals surface area contributed by atoms with Crippen molar-refractivity contribution in [2.75, 3.05) is 6.61 Å². The quantitative estimate of drug-likeness (QED) is 0.531. The van der Waals surface area contributed by atoms with Gasteiger partial charge in [0.05, 0.1) is 12.5 Å². The fourth-order valence-electron chi connectivity index (χ4n) is 2.40. The summed E-state index contributed by atoms with van der Waals surface area (Å²) in [4.78, 5) is 12.2. The second-order valence-corrected chi connectivity index (χ2v) is 6.37. The topological polar surface area (TPSA) is 26.3 Å². The average Bonchev–Trinajstić information content (AvgIpc) is 2.52. The second kappa shape index (κ2) is 9.75. The molecule has 0 N–H and O–H groups in total. The van der Waals surface area contributed by atoms with E-state index in [-0.39, 0.29) is 24.4 Å². The van der Waals surface area contributed by atoms with Gasteiger partial charge in [-0.2, -0.15) is 0 Å². The summed E-state index contributed by atoms with van der Waals surface area (Å²) in [5.41, 5.74) is 2.25. The van der Waals surface area contributed by atoms with Crippen LogP contribution in [0.5, 0.6) is 0 Å². The van der Waals surface area contributed by atoms with E-state index in [1.807, 2.05) is 19.1 Å². The number of hydrogen-bond acceptors (Lipinski definition) is 2. The summed E-state index contributed by atoms with van der Waals surface area (Å²) in [6.07, 6.45) is 12.7. The number of esters is 1. The minimum absolute atomic E-state index is 0.0366. The van der Waals surface area contributed by atoms with Gasteiger partial charge >= 0.3 is 5.97 Å². The van der Waals surface area contributed by atoms with Crippen molar-refractivity contribution in [2.24, 2.45) is 11.8 Å². The van der Waals surface area contributed by atoms with Gasteiger partial charge in [0.1, 0.15) is 0 Å². The SMILES string of the molecule is C#CCC(CC#C)COC(=O)C(C)c1ccc(CC(C)C)cc1. The minimum Gasteiger partial charge on any atom is -0.465 e. The van der Waals surface area contributed by atoms with Gasteiger partial charge in [-0.15, -0.1) is 24.7 Å². The Bertz CT molecular complexity index is 553. The number of ether oxygens (including phenoxy) is 1. The van der Waals surface area contributed by atoms with E-state index in [2.05, 4.69) is 37.8 Å². The predicted molar refractivity (Wildman–Crippen MR) is 94.7 cm³/mol. The van der Waals surface area contributed by atoms with E-state index in [9.17, 15) is 4.79 Å². The largest absolute Gasteiger partial charge is 0.465 e. The zero-order chi connectivity index (χ0) is 17.2. The molecule has 0 fully saturated rings. The summed E-state index contributed by atoms with van der Waals surface area (Å²) in [5, 5.41) is 0. The molecule has 0 amide bonds. The predicted octanol–water partition coefficient (Wildman–Crippen LogP) is 4.19. The van der Waals surface area contributed by atoms with Gasteiger partial charge in [0.25, 0.3) is 0 Å².